The van der Waals surface area contributed by atoms with E-state index in [1.807, 2.05) is 11.8 Å². The fourth-order valence-corrected chi connectivity index (χ4v) is 5.91. The minimum absolute atomic E-state index is 0.0439. The molecule has 0 aromatic heterocycles. The lowest BCUT2D eigenvalue weighted by Gasteiger charge is -2.16. The molecule has 0 saturated carbocycles. The number of ether oxygens (including phenoxy) is 3. The molecular formula is C27H49F3N4O7S. The van der Waals surface area contributed by atoms with Crippen LogP contribution >= 0.6 is 11.8 Å². The smallest absolute Gasteiger partial charge is 0.475 e. The number of nitrogens with one attached hydrogen (secondary N) is 3. The zero-order valence-corrected chi connectivity index (χ0v) is 25.2. The van der Waals surface area contributed by atoms with Crippen LogP contribution in [0.5, 0.6) is 0 Å². The van der Waals surface area contributed by atoms with Gasteiger partial charge in [-0.15, -0.1) is 0 Å². The molecule has 0 unspecified atom stereocenters. The minimum Gasteiger partial charge on any atom is -0.475 e. The molecule has 0 bridgehead atoms. The van der Waals surface area contributed by atoms with Crippen molar-refractivity contribution in [3.63, 3.8) is 0 Å². The van der Waals surface area contributed by atoms with Crippen molar-refractivity contribution in [2.24, 2.45) is 5.73 Å². The van der Waals surface area contributed by atoms with Crippen molar-refractivity contribution in [2.75, 3.05) is 58.5 Å². The SMILES string of the molecule is NCCCCCCCCOCCOCCOCCCNC(=O)CCCC[C@H]1SC[C@H]2NC(=O)N[C@H]21.O=C(O)C(F)(F)F. The second-order valence-electron chi connectivity index (χ2n) is 10.1. The summed E-state index contributed by atoms with van der Waals surface area (Å²) in [6.45, 7) is 5.23. The van der Waals surface area contributed by atoms with Gasteiger partial charge in [-0.25, -0.2) is 9.59 Å². The van der Waals surface area contributed by atoms with Gasteiger partial charge in [0.2, 0.25) is 5.91 Å². The maximum Gasteiger partial charge on any atom is 0.490 e. The topological polar surface area (TPSA) is 161 Å². The second kappa shape index (κ2) is 23.6. The summed E-state index contributed by atoms with van der Waals surface area (Å²) in [4.78, 5) is 32.3. The largest absolute Gasteiger partial charge is 0.490 e. The van der Waals surface area contributed by atoms with E-state index in [2.05, 4.69) is 16.0 Å². The predicted octanol–water partition coefficient (Wildman–Crippen LogP) is 3.20. The van der Waals surface area contributed by atoms with Gasteiger partial charge >= 0.3 is 18.2 Å². The van der Waals surface area contributed by atoms with Gasteiger partial charge in [-0.1, -0.05) is 32.1 Å². The molecule has 11 nitrogen and oxygen atoms in total. The van der Waals surface area contributed by atoms with E-state index in [0.717, 1.165) is 57.4 Å². The van der Waals surface area contributed by atoms with Crippen molar-refractivity contribution < 1.29 is 46.9 Å². The van der Waals surface area contributed by atoms with Crippen LogP contribution in [0.4, 0.5) is 18.0 Å². The van der Waals surface area contributed by atoms with Gasteiger partial charge in [0.15, 0.2) is 0 Å². The molecule has 3 amide bonds. The predicted molar refractivity (Wildman–Crippen MR) is 154 cm³/mol. The Hall–Kier alpha value is -1.81. The normalized spacial score (nSPS) is 19.4. The lowest BCUT2D eigenvalue weighted by molar-refractivity contribution is -0.192. The van der Waals surface area contributed by atoms with Crippen LogP contribution in [0.2, 0.25) is 0 Å². The summed E-state index contributed by atoms with van der Waals surface area (Å²) in [7, 11) is 0. The van der Waals surface area contributed by atoms with Gasteiger partial charge in [-0.05, 0) is 38.6 Å². The Bertz CT molecular complexity index is 753. The average molecular weight is 631 g/mol. The van der Waals surface area contributed by atoms with Crippen LogP contribution in [0.15, 0.2) is 0 Å². The number of carbonyl (C=O) groups excluding carboxylic acids is 2. The number of urea groups is 1. The Morgan fingerprint density at radius 1 is 0.881 bits per heavy atom. The maximum atomic E-state index is 12.0. The van der Waals surface area contributed by atoms with E-state index in [1.165, 1.54) is 25.7 Å². The van der Waals surface area contributed by atoms with Gasteiger partial charge in [0.05, 0.1) is 38.5 Å². The summed E-state index contributed by atoms with van der Waals surface area (Å²) < 4.78 is 48.4. The van der Waals surface area contributed by atoms with Gasteiger partial charge in [0, 0.05) is 37.2 Å². The highest BCUT2D eigenvalue weighted by Crippen LogP contribution is 2.33. The standard InChI is InChI=1S/C25H48N4O5S.C2HF3O2/c26-12-7-3-1-2-4-8-14-32-16-18-34-19-17-33-15-9-13-27-23(30)11-6-5-10-22-24-21(20-35-22)28-25(31)29-24;3-2(4,5)1(6)7/h21-22,24H,1-20,26H2,(H,27,30)(H2,28,29,31);(H,6,7)/t21-,22-,24-;/m1./s1. The summed E-state index contributed by atoms with van der Waals surface area (Å²) in [6, 6.07) is 0.472. The molecule has 0 spiro atoms. The van der Waals surface area contributed by atoms with E-state index in [1.54, 1.807) is 0 Å². The number of carboxylic acids is 1. The molecule has 15 heteroatoms. The molecule has 0 aromatic rings. The number of unbranched alkanes of at least 4 members (excludes halogenated alkanes) is 6. The highest BCUT2D eigenvalue weighted by Gasteiger charge is 2.42. The van der Waals surface area contributed by atoms with E-state index >= 15 is 0 Å². The van der Waals surface area contributed by atoms with Gasteiger partial charge in [0.25, 0.3) is 0 Å². The monoisotopic (exact) mass is 630 g/mol. The number of rotatable bonds is 23. The highest BCUT2D eigenvalue weighted by molar-refractivity contribution is 8.00. The number of fused-ring (bicyclic) bond motifs is 1. The average Bonchev–Trinajstić information content (AvgIpc) is 3.49. The fourth-order valence-electron chi connectivity index (χ4n) is 4.36. The fraction of sp³-hybridized carbons (Fsp3) is 0.889. The molecule has 2 fully saturated rings. The zero-order valence-electron chi connectivity index (χ0n) is 24.4. The van der Waals surface area contributed by atoms with Crippen LogP contribution in [0, 0.1) is 0 Å². The minimum atomic E-state index is -5.08. The van der Waals surface area contributed by atoms with E-state index in [0.29, 0.717) is 51.2 Å². The van der Waals surface area contributed by atoms with Crippen LogP contribution in [-0.2, 0) is 23.8 Å². The summed E-state index contributed by atoms with van der Waals surface area (Å²) in [5, 5.41) is 16.5. The molecule has 0 radical (unpaired) electrons. The molecule has 2 aliphatic rings. The number of thioether (sulfide) groups is 1. The van der Waals surface area contributed by atoms with Crippen molar-refractivity contribution in [3.05, 3.63) is 0 Å². The van der Waals surface area contributed by atoms with E-state index in [9.17, 15) is 22.8 Å². The quantitative estimate of drug-likeness (QED) is 0.0844. The summed E-state index contributed by atoms with van der Waals surface area (Å²) in [6.07, 6.45) is 6.46. The Morgan fingerprint density at radius 3 is 2.07 bits per heavy atom. The van der Waals surface area contributed by atoms with Crippen LogP contribution in [0.1, 0.15) is 70.6 Å². The number of aliphatic carboxylic acids is 1. The van der Waals surface area contributed by atoms with E-state index in [4.69, 9.17) is 29.8 Å². The molecule has 2 heterocycles. The molecule has 246 valence electrons. The molecule has 3 atom stereocenters. The van der Waals surface area contributed by atoms with Crippen LogP contribution in [-0.4, -0.2) is 105 Å². The molecule has 42 heavy (non-hydrogen) atoms. The Kier molecular flexibility index (Phi) is 21.5. The van der Waals surface area contributed by atoms with Gasteiger partial charge in [-0.2, -0.15) is 24.9 Å². The van der Waals surface area contributed by atoms with Crippen molar-refractivity contribution in [3.8, 4) is 0 Å². The lowest BCUT2D eigenvalue weighted by Crippen LogP contribution is -2.36. The first kappa shape index (κ1) is 38.2. The van der Waals surface area contributed by atoms with Gasteiger partial charge in [0.1, 0.15) is 0 Å². The van der Waals surface area contributed by atoms with E-state index < -0.39 is 12.1 Å². The Labute approximate surface area is 250 Å². The number of halogens is 3. The number of alkyl halides is 3. The van der Waals surface area contributed by atoms with Crippen LogP contribution in [0.25, 0.3) is 0 Å². The summed E-state index contributed by atoms with van der Waals surface area (Å²) >= 11 is 1.92. The molecular weight excluding hydrogens is 581 g/mol. The number of carbonyl (C=O) groups is 3. The van der Waals surface area contributed by atoms with Crippen molar-refractivity contribution in [2.45, 2.75) is 94.1 Å². The molecule has 0 aromatic carbocycles. The van der Waals surface area contributed by atoms with Crippen molar-refractivity contribution in [1.29, 1.82) is 0 Å². The third kappa shape index (κ3) is 19.4. The molecule has 2 aliphatic heterocycles. The first-order valence-electron chi connectivity index (χ1n) is 14.8. The first-order valence-corrected chi connectivity index (χ1v) is 15.9. The first-order chi connectivity index (χ1) is 20.1. The van der Waals surface area contributed by atoms with Gasteiger partial charge < -0.3 is 41.0 Å². The lowest BCUT2D eigenvalue weighted by atomic mass is 10.0. The number of hydrogen-bond acceptors (Lipinski definition) is 8. The molecule has 0 aliphatic carbocycles. The molecule has 2 saturated heterocycles. The highest BCUT2D eigenvalue weighted by atomic mass is 32.2. The van der Waals surface area contributed by atoms with Gasteiger partial charge in [-0.3, -0.25) is 4.79 Å². The number of nitrogens with two attached hydrogens (primary N) is 1. The third-order valence-electron chi connectivity index (χ3n) is 6.60. The third-order valence-corrected chi connectivity index (χ3v) is 8.11. The van der Waals surface area contributed by atoms with Crippen molar-refractivity contribution in [1.82, 2.24) is 16.0 Å². The molecule has 2 rings (SSSR count). The second-order valence-corrected chi connectivity index (χ2v) is 11.4. The number of amides is 3. The maximum absolute atomic E-state index is 12.0. The number of carboxylic acid groups (broad SMARTS) is 1. The molecule has 6 N–H and O–H groups in total. The number of hydrogen-bond donors (Lipinski definition) is 5. The summed E-state index contributed by atoms with van der Waals surface area (Å²) in [5.74, 6) is -1.67. The van der Waals surface area contributed by atoms with Crippen molar-refractivity contribution >= 4 is 29.7 Å². The van der Waals surface area contributed by atoms with E-state index in [-0.39, 0.29) is 24.0 Å². The van der Waals surface area contributed by atoms with Crippen LogP contribution in [0.3, 0.4) is 0 Å². The summed E-state index contributed by atoms with van der Waals surface area (Å²) in [5.41, 5.74) is 5.49. The zero-order chi connectivity index (χ0) is 31.1. The Morgan fingerprint density at radius 2 is 1.45 bits per heavy atom. The van der Waals surface area contributed by atoms with Crippen LogP contribution < -0.4 is 21.7 Å². The Balaban J connectivity index is 0.00000112.